The van der Waals surface area contributed by atoms with Crippen LogP contribution in [0.4, 0.5) is 0 Å². The second-order valence-corrected chi connectivity index (χ2v) is 13.4. The Labute approximate surface area is 307 Å². The van der Waals surface area contributed by atoms with Gasteiger partial charge in [0, 0.05) is 56.7 Å². The van der Waals surface area contributed by atoms with Crippen molar-refractivity contribution in [2.75, 3.05) is 13.2 Å². The minimum absolute atomic E-state index is 0. The van der Waals surface area contributed by atoms with Crippen LogP contribution in [0.25, 0.3) is 55.6 Å². The van der Waals surface area contributed by atoms with Gasteiger partial charge in [0.25, 0.3) is 0 Å². The Bertz CT molecular complexity index is 2230. The van der Waals surface area contributed by atoms with E-state index in [1.54, 1.807) is 6.20 Å². The molecule has 7 aromatic rings. The molecule has 3 aromatic heterocycles. The summed E-state index contributed by atoms with van der Waals surface area (Å²) in [7, 11) is 0. The molecule has 1 aliphatic rings. The summed E-state index contributed by atoms with van der Waals surface area (Å²) >= 11 is 0. The van der Waals surface area contributed by atoms with Crippen molar-refractivity contribution in [3.8, 4) is 39.7 Å². The molecule has 0 bridgehead atoms. The van der Waals surface area contributed by atoms with Crippen molar-refractivity contribution in [1.29, 1.82) is 5.26 Å². The van der Waals surface area contributed by atoms with Crippen molar-refractivity contribution < 1.29 is 29.3 Å². The summed E-state index contributed by atoms with van der Waals surface area (Å²) in [6, 6.07) is 43.1. The molecule has 1 fully saturated rings. The Kier molecular flexibility index (Phi) is 10.7. The van der Waals surface area contributed by atoms with Crippen LogP contribution in [0.3, 0.4) is 0 Å². The van der Waals surface area contributed by atoms with Gasteiger partial charge < -0.3 is 19.1 Å². The summed E-state index contributed by atoms with van der Waals surface area (Å²) in [6.45, 7) is 8.22. The molecular formula is C44H37IrN3O2-2. The van der Waals surface area contributed by atoms with E-state index in [1.165, 1.54) is 11.1 Å². The second-order valence-electron chi connectivity index (χ2n) is 13.4. The van der Waals surface area contributed by atoms with Gasteiger partial charge in [-0.2, -0.15) is 5.26 Å². The van der Waals surface area contributed by atoms with Crippen LogP contribution in [0.2, 0.25) is 0 Å². The molecule has 1 radical (unpaired) electrons. The van der Waals surface area contributed by atoms with Crippen LogP contribution in [0.1, 0.15) is 56.2 Å². The number of nitriles is 1. The van der Waals surface area contributed by atoms with Gasteiger partial charge in [0.05, 0.1) is 17.2 Å². The van der Waals surface area contributed by atoms with E-state index in [-0.39, 0.29) is 25.5 Å². The van der Waals surface area contributed by atoms with Crippen LogP contribution >= 0.6 is 0 Å². The number of aromatic nitrogens is 2. The first kappa shape index (κ1) is 34.9. The maximum absolute atomic E-state index is 9.88. The average molecular weight is 832 g/mol. The number of rotatable bonds is 4. The molecule has 0 unspecified atom stereocenters. The zero-order valence-electron chi connectivity index (χ0n) is 28.4. The number of ether oxygens (including phenoxy) is 1. The van der Waals surface area contributed by atoms with E-state index >= 15 is 0 Å². The fourth-order valence-electron chi connectivity index (χ4n) is 6.39. The minimum Gasteiger partial charge on any atom is -0.500 e. The SMILES string of the molecule is CC(C)(C)c1ccc(-c2[c-]cccc2)nc1.N#Cc1ccc2c(oc3c(-c4ccccn4)[c-]ccc32)c1-c1ccc(C2CCOCC2)cc1.[Ir]. The molecule has 0 saturated carbocycles. The van der Waals surface area contributed by atoms with Gasteiger partial charge in [-0.25, -0.2) is 0 Å². The van der Waals surface area contributed by atoms with E-state index < -0.39 is 0 Å². The summed E-state index contributed by atoms with van der Waals surface area (Å²) < 4.78 is 12.0. The summed E-state index contributed by atoms with van der Waals surface area (Å²) in [4.78, 5) is 8.97. The normalized spacial score (nSPS) is 13.2. The molecule has 5 nitrogen and oxygen atoms in total. The Morgan fingerprint density at radius 1 is 0.760 bits per heavy atom. The van der Waals surface area contributed by atoms with Gasteiger partial charge in [0.2, 0.25) is 0 Å². The number of fused-ring (bicyclic) bond motifs is 3. The smallest absolute Gasteiger partial charge is 0.130 e. The molecule has 1 saturated heterocycles. The molecule has 8 rings (SSSR count). The molecule has 4 heterocycles. The third-order valence-corrected chi connectivity index (χ3v) is 9.15. The van der Waals surface area contributed by atoms with Gasteiger partial charge in [-0.05, 0) is 64.4 Å². The van der Waals surface area contributed by atoms with Gasteiger partial charge in [-0.1, -0.05) is 86.3 Å². The summed E-state index contributed by atoms with van der Waals surface area (Å²) in [5.74, 6) is 0.529. The predicted molar refractivity (Wildman–Crippen MR) is 196 cm³/mol. The molecule has 4 aromatic carbocycles. The number of benzene rings is 4. The van der Waals surface area contributed by atoms with E-state index in [2.05, 4.69) is 85.3 Å². The van der Waals surface area contributed by atoms with E-state index in [4.69, 9.17) is 9.15 Å². The van der Waals surface area contributed by atoms with Crippen molar-refractivity contribution in [2.45, 2.75) is 44.9 Å². The van der Waals surface area contributed by atoms with Crippen LogP contribution in [0, 0.1) is 23.5 Å². The van der Waals surface area contributed by atoms with Crippen LogP contribution in [-0.4, -0.2) is 23.2 Å². The van der Waals surface area contributed by atoms with Crippen LogP contribution in [-0.2, 0) is 30.3 Å². The van der Waals surface area contributed by atoms with Crippen molar-refractivity contribution in [2.24, 2.45) is 0 Å². The standard InChI is InChI=1S/C29H21N2O2.C15H16N.Ir/c30-18-22-11-12-24-23-4-3-5-25(26-6-1-2-15-31-26)28(23)33-29(24)27(22)21-9-7-19(8-10-21)20-13-16-32-17-14-20;1-15(2,3)13-9-10-14(16-11-13)12-7-5-4-6-8-12;/h1-4,6-12,15,20H,13-14,16-17H2;4-7,9-11H,1-3H3;/q2*-1;. The molecule has 251 valence electrons. The average Bonchev–Trinajstić information content (AvgIpc) is 3.54. The summed E-state index contributed by atoms with van der Waals surface area (Å²) in [5, 5.41) is 11.9. The second kappa shape index (κ2) is 15.3. The first-order chi connectivity index (χ1) is 23.9. The monoisotopic (exact) mass is 832 g/mol. The van der Waals surface area contributed by atoms with Gasteiger partial charge in [0.1, 0.15) is 5.58 Å². The number of nitrogens with zero attached hydrogens (tertiary/aromatic N) is 3. The Morgan fingerprint density at radius 2 is 1.54 bits per heavy atom. The van der Waals surface area contributed by atoms with Crippen LogP contribution in [0.5, 0.6) is 0 Å². The van der Waals surface area contributed by atoms with Gasteiger partial charge in [0.15, 0.2) is 0 Å². The minimum atomic E-state index is 0. The topological polar surface area (TPSA) is 71.9 Å². The Morgan fingerprint density at radius 3 is 2.20 bits per heavy atom. The molecule has 0 amide bonds. The third-order valence-electron chi connectivity index (χ3n) is 9.15. The van der Waals surface area contributed by atoms with Crippen LogP contribution in [0.15, 0.2) is 120 Å². The van der Waals surface area contributed by atoms with Crippen molar-refractivity contribution >= 4 is 21.9 Å². The van der Waals surface area contributed by atoms with E-state index in [0.717, 1.165) is 81.6 Å². The van der Waals surface area contributed by atoms with Gasteiger partial charge >= 0.3 is 0 Å². The van der Waals surface area contributed by atoms with E-state index in [1.807, 2.05) is 72.9 Å². The molecule has 6 heteroatoms. The Balaban J connectivity index is 0.000000215. The molecule has 0 aliphatic carbocycles. The Hall–Kier alpha value is -4.92. The quantitative estimate of drug-likeness (QED) is 0.165. The van der Waals surface area contributed by atoms with Crippen molar-refractivity contribution in [3.05, 3.63) is 144 Å². The van der Waals surface area contributed by atoms with Crippen molar-refractivity contribution in [1.82, 2.24) is 9.97 Å². The fourth-order valence-corrected chi connectivity index (χ4v) is 6.39. The fraction of sp³-hybridized carbons (Fsp3) is 0.205. The third kappa shape index (κ3) is 7.32. The largest absolute Gasteiger partial charge is 0.500 e. The maximum atomic E-state index is 9.88. The van der Waals surface area contributed by atoms with Gasteiger partial charge in [-0.3, -0.25) is 0 Å². The van der Waals surface area contributed by atoms with Crippen molar-refractivity contribution in [3.63, 3.8) is 0 Å². The molecule has 0 N–H and O–H groups in total. The summed E-state index contributed by atoms with van der Waals surface area (Å²) in [6.07, 6.45) is 5.82. The first-order valence-electron chi connectivity index (χ1n) is 16.7. The zero-order chi connectivity index (χ0) is 33.8. The number of pyridine rings is 2. The van der Waals surface area contributed by atoms with E-state index in [9.17, 15) is 5.26 Å². The molecular weight excluding hydrogens is 795 g/mol. The first-order valence-corrected chi connectivity index (χ1v) is 16.7. The van der Waals surface area contributed by atoms with Crippen LogP contribution < -0.4 is 0 Å². The molecule has 0 spiro atoms. The number of hydrogen-bond donors (Lipinski definition) is 0. The molecule has 0 atom stereocenters. The zero-order valence-corrected chi connectivity index (χ0v) is 30.8. The molecule has 50 heavy (non-hydrogen) atoms. The number of furan rings is 1. The summed E-state index contributed by atoms with van der Waals surface area (Å²) in [5.41, 5.74) is 10.3. The van der Waals surface area contributed by atoms with E-state index in [0.29, 0.717) is 11.5 Å². The maximum Gasteiger partial charge on any atom is 0.130 e. The number of hydrogen-bond acceptors (Lipinski definition) is 5. The molecule has 1 aliphatic heterocycles. The predicted octanol–water partition coefficient (Wildman–Crippen LogP) is 10.7. The van der Waals surface area contributed by atoms with Gasteiger partial charge in [-0.15, -0.1) is 54.1 Å².